The second kappa shape index (κ2) is 6.72. The van der Waals surface area contributed by atoms with Gasteiger partial charge in [0.2, 0.25) is 0 Å². The molecule has 0 atom stereocenters. The SMILES string of the molecule is COCCn1cnnc1SCc1ccc(Cl)nc1. The van der Waals surface area contributed by atoms with Crippen LogP contribution in [0.15, 0.2) is 29.8 Å². The first kappa shape index (κ1) is 13.3. The Bertz CT molecular complexity index is 488. The number of pyridine rings is 1. The van der Waals surface area contributed by atoms with Crippen molar-refractivity contribution in [2.24, 2.45) is 0 Å². The van der Waals surface area contributed by atoms with Gasteiger partial charge in [-0.2, -0.15) is 0 Å². The summed E-state index contributed by atoms with van der Waals surface area (Å²) in [5.74, 6) is 0.788. The van der Waals surface area contributed by atoms with Crippen molar-refractivity contribution < 1.29 is 4.74 Å². The molecule has 2 aromatic rings. The zero-order valence-corrected chi connectivity index (χ0v) is 11.5. The summed E-state index contributed by atoms with van der Waals surface area (Å²) in [6.45, 7) is 1.40. The Balaban J connectivity index is 1.93. The van der Waals surface area contributed by atoms with Gasteiger partial charge in [0.25, 0.3) is 0 Å². The monoisotopic (exact) mass is 284 g/mol. The summed E-state index contributed by atoms with van der Waals surface area (Å²) in [4.78, 5) is 4.04. The third-order valence-corrected chi connectivity index (χ3v) is 3.55. The van der Waals surface area contributed by atoms with Crippen LogP contribution in [0.4, 0.5) is 0 Å². The molecular formula is C11H13ClN4OS. The van der Waals surface area contributed by atoms with E-state index in [1.54, 1.807) is 37.5 Å². The molecule has 7 heteroatoms. The summed E-state index contributed by atoms with van der Waals surface area (Å²) in [6, 6.07) is 3.74. The Kier molecular flexibility index (Phi) is 4.98. The molecule has 2 aromatic heterocycles. The minimum Gasteiger partial charge on any atom is -0.383 e. The van der Waals surface area contributed by atoms with Crippen LogP contribution in [0.2, 0.25) is 5.15 Å². The third kappa shape index (κ3) is 3.69. The van der Waals surface area contributed by atoms with Gasteiger partial charge >= 0.3 is 0 Å². The fourth-order valence-corrected chi connectivity index (χ4v) is 2.33. The summed E-state index contributed by atoms with van der Waals surface area (Å²) in [5, 5.41) is 9.36. The standard InChI is InChI=1S/C11H13ClN4OS/c1-17-5-4-16-8-14-15-11(16)18-7-9-2-3-10(12)13-6-9/h2-3,6,8H,4-5,7H2,1H3. The Morgan fingerprint density at radius 2 is 2.33 bits per heavy atom. The maximum atomic E-state index is 5.74. The molecule has 0 fully saturated rings. The lowest BCUT2D eigenvalue weighted by atomic mass is 10.3. The normalized spacial score (nSPS) is 10.8. The van der Waals surface area contributed by atoms with Crippen molar-refractivity contribution in [2.75, 3.05) is 13.7 Å². The Labute approximate surface area is 115 Å². The van der Waals surface area contributed by atoms with E-state index in [4.69, 9.17) is 16.3 Å². The van der Waals surface area contributed by atoms with E-state index in [1.165, 1.54) is 0 Å². The lowest BCUT2D eigenvalue weighted by Crippen LogP contribution is -2.04. The molecule has 0 bridgehead atoms. The highest BCUT2D eigenvalue weighted by Gasteiger charge is 2.05. The van der Waals surface area contributed by atoms with E-state index in [9.17, 15) is 0 Å². The van der Waals surface area contributed by atoms with Gasteiger partial charge in [0, 0.05) is 25.6 Å². The van der Waals surface area contributed by atoms with Gasteiger partial charge < -0.3 is 9.30 Å². The summed E-state index contributed by atoms with van der Waals surface area (Å²) in [5.41, 5.74) is 1.10. The summed E-state index contributed by atoms with van der Waals surface area (Å²) in [6.07, 6.45) is 3.48. The van der Waals surface area contributed by atoms with Crippen LogP contribution < -0.4 is 0 Å². The minimum atomic E-state index is 0.506. The fraction of sp³-hybridized carbons (Fsp3) is 0.364. The van der Waals surface area contributed by atoms with Crippen molar-refractivity contribution in [1.82, 2.24) is 19.7 Å². The predicted molar refractivity (Wildman–Crippen MR) is 70.7 cm³/mol. The van der Waals surface area contributed by atoms with Gasteiger partial charge in [-0.15, -0.1) is 10.2 Å². The maximum Gasteiger partial charge on any atom is 0.191 e. The highest BCUT2D eigenvalue weighted by Crippen LogP contribution is 2.20. The van der Waals surface area contributed by atoms with E-state index in [1.807, 2.05) is 10.6 Å². The van der Waals surface area contributed by atoms with Gasteiger partial charge in [-0.3, -0.25) is 0 Å². The molecule has 0 aliphatic rings. The topological polar surface area (TPSA) is 52.8 Å². The zero-order chi connectivity index (χ0) is 12.8. The molecule has 18 heavy (non-hydrogen) atoms. The average Bonchev–Trinajstić information content (AvgIpc) is 2.83. The molecule has 2 rings (SSSR count). The van der Waals surface area contributed by atoms with Crippen molar-refractivity contribution in [3.8, 4) is 0 Å². The van der Waals surface area contributed by atoms with Gasteiger partial charge in [0.15, 0.2) is 5.16 Å². The molecule has 0 radical (unpaired) electrons. The molecule has 0 N–H and O–H groups in total. The van der Waals surface area contributed by atoms with E-state index in [0.717, 1.165) is 23.0 Å². The molecule has 0 amide bonds. The first-order chi connectivity index (χ1) is 8.79. The number of ether oxygens (including phenoxy) is 1. The predicted octanol–water partition coefficient (Wildman–Crippen LogP) is 2.27. The molecule has 0 unspecified atom stereocenters. The molecule has 0 aliphatic heterocycles. The highest BCUT2D eigenvalue weighted by molar-refractivity contribution is 7.98. The maximum absolute atomic E-state index is 5.74. The van der Waals surface area contributed by atoms with Crippen LogP contribution in [0, 0.1) is 0 Å². The summed E-state index contributed by atoms with van der Waals surface area (Å²) < 4.78 is 7.01. The number of aromatic nitrogens is 4. The smallest absolute Gasteiger partial charge is 0.191 e. The molecule has 0 aliphatic carbocycles. The fourth-order valence-electron chi connectivity index (χ4n) is 1.34. The van der Waals surface area contributed by atoms with Crippen molar-refractivity contribution in [3.63, 3.8) is 0 Å². The lowest BCUT2D eigenvalue weighted by molar-refractivity contribution is 0.184. The number of hydrogen-bond donors (Lipinski definition) is 0. The molecule has 0 spiro atoms. The Morgan fingerprint density at radius 1 is 1.44 bits per heavy atom. The van der Waals surface area contributed by atoms with Crippen LogP contribution in [-0.4, -0.2) is 33.5 Å². The van der Waals surface area contributed by atoms with Crippen LogP contribution in [0.25, 0.3) is 0 Å². The molecule has 96 valence electrons. The van der Waals surface area contributed by atoms with E-state index in [2.05, 4.69) is 15.2 Å². The molecule has 0 aromatic carbocycles. The van der Waals surface area contributed by atoms with Crippen LogP contribution in [-0.2, 0) is 17.0 Å². The van der Waals surface area contributed by atoms with Crippen LogP contribution in [0.3, 0.4) is 0 Å². The third-order valence-electron chi connectivity index (χ3n) is 2.27. The van der Waals surface area contributed by atoms with E-state index < -0.39 is 0 Å². The van der Waals surface area contributed by atoms with Crippen LogP contribution in [0.1, 0.15) is 5.56 Å². The molecule has 2 heterocycles. The first-order valence-corrected chi connectivity index (χ1v) is 6.76. The number of halogens is 1. The largest absolute Gasteiger partial charge is 0.383 e. The number of hydrogen-bond acceptors (Lipinski definition) is 5. The molecule has 0 saturated heterocycles. The second-order valence-electron chi connectivity index (χ2n) is 3.58. The van der Waals surface area contributed by atoms with Crippen molar-refractivity contribution in [3.05, 3.63) is 35.4 Å². The Hall–Kier alpha value is -1.11. The minimum absolute atomic E-state index is 0.506. The van der Waals surface area contributed by atoms with E-state index >= 15 is 0 Å². The second-order valence-corrected chi connectivity index (χ2v) is 4.91. The van der Waals surface area contributed by atoms with Crippen LogP contribution in [0.5, 0.6) is 0 Å². The number of thioether (sulfide) groups is 1. The molecule has 0 saturated carbocycles. The Morgan fingerprint density at radius 3 is 3.06 bits per heavy atom. The van der Waals surface area contributed by atoms with Gasteiger partial charge in [-0.05, 0) is 11.6 Å². The molecular weight excluding hydrogens is 272 g/mol. The number of rotatable bonds is 6. The number of methoxy groups -OCH3 is 1. The van der Waals surface area contributed by atoms with Crippen LogP contribution >= 0.6 is 23.4 Å². The van der Waals surface area contributed by atoms with Crippen molar-refractivity contribution >= 4 is 23.4 Å². The highest BCUT2D eigenvalue weighted by atomic mass is 35.5. The van der Waals surface area contributed by atoms with E-state index in [-0.39, 0.29) is 0 Å². The first-order valence-electron chi connectivity index (χ1n) is 5.39. The lowest BCUT2D eigenvalue weighted by Gasteiger charge is -2.05. The number of nitrogens with zero attached hydrogens (tertiary/aromatic N) is 4. The average molecular weight is 285 g/mol. The zero-order valence-electron chi connectivity index (χ0n) is 9.91. The molecule has 5 nitrogen and oxygen atoms in total. The van der Waals surface area contributed by atoms with Crippen molar-refractivity contribution in [2.45, 2.75) is 17.5 Å². The van der Waals surface area contributed by atoms with Gasteiger partial charge in [0.05, 0.1) is 6.61 Å². The van der Waals surface area contributed by atoms with Crippen molar-refractivity contribution in [1.29, 1.82) is 0 Å². The van der Waals surface area contributed by atoms with Gasteiger partial charge in [-0.1, -0.05) is 29.4 Å². The summed E-state index contributed by atoms with van der Waals surface area (Å²) >= 11 is 7.35. The summed E-state index contributed by atoms with van der Waals surface area (Å²) in [7, 11) is 1.68. The van der Waals surface area contributed by atoms with Gasteiger partial charge in [-0.25, -0.2) is 4.98 Å². The van der Waals surface area contributed by atoms with Gasteiger partial charge in [0.1, 0.15) is 11.5 Å². The van der Waals surface area contributed by atoms with E-state index in [0.29, 0.717) is 11.8 Å². The quantitative estimate of drug-likeness (QED) is 0.602.